The lowest BCUT2D eigenvalue weighted by Crippen LogP contribution is -2.36. The van der Waals surface area contributed by atoms with Gasteiger partial charge in [-0.2, -0.15) is 17.7 Å². The molecule has 1 N–H and O–H groups in total. The molecule has 3 aromatic rings. The van der Waals surface area contributed by atoms with Crippen LogP contribution in [0.15, 0.2) is 73.1 Å². The summed E-state index contributed by atoms with van der Waals surface area (Å²) in [5, 5.41) is 9.12. The smallest absolute Gasteiger partial charge is 0.417 e. The van der Waals surface area contributed by atoms with Crippen LogP contribution in [0, 0.1) is 0 Å². The summed E-state index contributed by atoms with van der Waals surface area (Å²) in [4.78, 5) is 13.2. The molecule has 8 heteroatoms. The van der Waals surface area contributed by atoms with Gasteiger partial charge in [0.25, 0.3) is 0 Å². The van der Waals surface area contributed by atoms with Crippen LogP contribution < -0.4 is 14.2 Å². The van der Waals surface area contributed by atoms with Crippen molar-refractivity contribution in [2.75, 3.05) is 24.6 Å². The van der Waals surface area contributed by atoms with E-state index in [1.165, 1.54) is 35.2 Å². The van der Waals surface area contributed by atoms with Gasteiger partial charge in [-0.1, -0.05) is 56.5 Å². The second-order valence-electron chi connectivity index (χ2n) is 9.53. The van der Waals surface area contributed by atoms with Gasteiger partial charge < -0.3 is 14.7 Å². The van der Waals surface area contributed by atoms with Crippen molar-refractivity contribution >= 4 is 22.8 Å². The third kappa shape index (κ3) is 8.10. The Morgan fingerprint density at radius 1 is 0.900 bits per heavy atom. The van der Waals surface area contributed by atoms with Crippen LogP contribution in [0.2, 0.25) is 0 Å². The van der Waals surface area contributed by atoms with Crippen molar-refractivity contribution in [3.63, 3.8) is 0 Å². The average molecular weight is 556 g/mol. The summed E-state index contributed by atoms with van der Waals surface area (Å²) >= 11 is 0. The fourth-order valence-corrected chi connectivity index (χ4v) is 4.71. The van der Waals surface area contributed by atoms with Gasteiger partial charge in [-0.3, -0.25) is 0 Å². The average Bonchev–Trinajstić information content (AvgIpc) is 2.93. The summed E-state index contributed by atoms with van der Waals surface area (Å²) in [5.74, 6) is -0.847. The van der Waals surface area contributed by atoms with Crippen molar-refractivity contribution in [1.82, 2.24) is 0 Å². The molecule has 0 fully saturated rings. The van der Waals surface area contributed by atoms with Crippen LogP contribution in [-0.4, -0.2) is 36.9 Å². The number of carboxylic acids is 1. The maximum atomic E-state index is 15.1. The van der Waals surface area contributed by atoms with Gasteiger partial charge in [0, 0.05) is 48.1 Å². The molecule has 0 aliphatic heterocycles. The van der Waals surface area contributed by atoms with Gasteiger partial charge in [0.2, 0.25) is 6.54 Å². The summed E-state index contributed by atoms with van der Waals surface area (Å²) in [7, 11) is 0. The van der Waals surface area contributed by atoms with E-state index >= 15 is 13.2 Å². The van der Waals surface area contributed by atoms with E-state index in [1.54, 1.807) is 42.5 Å². The Balaban J connectivity index is 2.27. The molecular weight excluding hydrogens is 517 g/mol. The first-order chi connectivity index (χ1) is 19.2. The molecule has 0 aliphatic rings. The fraction of sp³-hybridized carbons (Fsp3) is 0.375. The number of hydrogen-bond donors (Lipinski definition) is 1. The number of ether oxygens (including phenoxy) is 1. The van der Waals surface area contributed by atoms with Crippen LogP contribution in [0.5, 0.6) is 5.75 Å². The molecule has 0 bridgehead atoms. The van der Waals surface area contributed by atoms with Crippen LogP contribution in [0.25, 0.3) is 11.1 Å². The Hall–Kier alpha value is -3.81. The van der Waals surface area contributed by atoms with E-state index in [0.29, 0.717) is 30.8 Å². The Morgan fingerprint density at radius 3 is 2.12 bits per heavy atom. The van der Waals surface area contributed by atoms with E-state index < -0.39 is 17.7 Å². The number of pyridine rings is 1. The number of aromatic nitrogens is 1. The second kappa shape index (κ2) is 14.5. The quantitative estimate of drug-likeness (QED) is 0.128. The van der Waals surface area contributed by atoms with Gasteiger partial charge >= 0.3 is 12.1 Å². The minimum absolute atomic E-state index is 0.00185. The number of aliphatic carboxylic acids is 1. The van der Waals surface area contributed by atoms with E-state index in [1.807, 2.05) is 13.8 Å². The molecule has 5 nitrogen and oxygen atoms in total. The molecule has 1 aromatic heterocycles. The molecule has 3 rings (SSSR count). The number of nitrogens with zero attached hydrogens (tertiary/aromatic N) is 2. The number of unbranched alkanes of at least 4 members (excludes halogenated alkanes) is 3. The van der Waals surface area contributed by atoms with Gasteiger partial charge in [-0.15, -0.1) is 0 Å². The van der Waals surface area contributed by atoms with Crippen molar-refractivity contribution in [1.29, 1.82) is 0 Å². The normalized spacial score (nSPS) is 12.2. The number of allylic oxidation sites excluding steroid dienone is 1. The van der Waals surface area contributed by atoms with Crippen LogP contribution >= 0.6 is 0 Å². The van der Waals surface area contributed by atoms with Gasteiger partial charge in [0.1, 0.15) is 5.75 Å². The number of anilines is 1. The standard InChI is InChI=1S/C32H37F3N2O3/c1-4-7-8-12-21-40-28-22-26(37(5-2)6-3)15-16-27(28)31(32(33,34)35)30(24-13-10-9-11-14-24)25-17-19-36(20-18-25)23-29(38)39/h9-11,13-20,22H,4-8,12,21,23H2,1-3H3/p+1. The highest BCUT2D eigenvalue weighted by molar-refractivity contribution is 6.01. The number of benzene rings is 2. The third-order valence-corrected chi connectivity index (χ3v) is 6.71. The Labute approximate surface area is 234 Å². The number of carboxylic acid groups (broad SMARTS) is 1. The second-order valence-corrected chi connectivity index (χ2v) is 9.53. The number of hydrogen-bond acceptors (Lipinski definition) is 3. The zero-order chi connectivity index (χ0) is 29.1. The van der Waals surface area contributed by atoms with Crippen molar-refractivity contribution < 1.29 is 32.4 Å². The molecule has 0 radical (unpaired) electrons. The zero-order valence-corrected chi connectivity index (χ0v) is 23.4. The van der Waals surface area contributed by atoms with Crippen LogP contribution in [0.1, 0.15) is 63.1 Å². The molecule has 1 heterocycles. The maximum Gasteiger partial charge on any atom is 0.417 e. The lowest BCUT2D eigenvalue weighted by Gasteiger charge is -2.25. The highest BCUT2D eigenvalue weighted by atomic mass is 19.4. The zero-order valence-electron chi connectivity index (χ0n) is 23.4. The topological polar surface area (TPSA) is 53.7 Å². The predicted molar refractivity (Wildman–Crippen MR) is 152 cm³/mol. The van der Waals surface area contributed by atoms with E-state index in [-0.39, 0.29) is 23.4 Å². The van der Waals surface area contributed by atoms with E-state index in [4.69, 9.17) is 9.84 Å². The van der Waals surface area contributed by atoms with Gasteiger partial charge in [0.15, 0.2) is 12.4 Å². The minimum Gasteiger partial charge on any atom is -0.493 e. The van der Waals surface area contributed by atoms with E-state index in [9.17, 15) is 4.79 Å². The number of halogens is 3. The lowest BCUT2D eigenvalue weighted by atomic mass is 9.89. The van der Waals surface area contributed by atoms with Gasteiger partial charge in [-0.05, 0) is 43.5 Å². The first-order valence-corrected chi connectivity index (χ1v) is 13.8. The van der Waals surface area contributed by atoms with Crippen molar-refractivity contribution in [2.45, 2.75) is 59.2 Å². The van der Waals surface area contributed by atoms with Crippen LogP contribution in [0.4, 0.5) is 18.9 Å². The molecule has 0 saturated carbocycles. The first kappa shape index (κ1) is 30.7. The molecule has 214 valence electrons. The minimum atomic E-state index is -4.71. The van der Waals surface area contributed by atoms with Crippen molar-refractivity contribution in [2.24, 2.45) is 0 Å². The molecule has 0 atom stereocenters. The first-order valence-electron chi connectivity index (χ1n) is 13.8. The Bertz CT molecular complexity index is 1270. The van der Waals surface area contributed by atoms with Crippen LogP contribution in [0.3, 0.4) is 0 Å². The fourth-order valence-electron chi connectivity index (χ4n) is 4.71. The number of carbonyl (C=O) groups is 1. The highest BCUT2D eigenvalue weighted by Crippen LogP contribution is 2.46. The summed E-state index contributed by atoms with van der Waals surface area (Å²) in [6.07, 6.45) is 2.03. The molecule has 0 aliphatic carbocycles. The molecule has 0 amide bonds. The largest absolute Gasteiger partial charge is 0.493 e. The predicted octanol–water partition coefficient (Wildman–Crippen LogP) is 7.39. The monoisotopic (exact) mass is 555 g/mol. The summed E-state index contributed by atoms with van der Waals surface area (Å²) in [6, 6.07) is 16.4. The molecular formula is C32H38F3N2O3+. The van der Waals surface area contributed by atoms with Crippen LogP contribution in [-0.2, 0) is 11.3 Å². The molecule has 0 unspecified atom stereocenters. The molecule has 0 saturated heterocycles. The van der Waals surface area contributed by atoms with Gasteiger partial charge in [0.05, 0.1) is 12.2 Å². The Kier molecular flexibility index (Phi) is 11.2. The molecule has 40 heavy (non-hydrogen) atoms. The number of rotatable bonds is 14. The maximum absolute atomic E-state index is 15.1. The highest BCUT2D eigenvalue weighted by Gasteiger charge is 2.40. The van der Waals surface area contributed by atoms with Crippen molar-refractivity contribution in [3.8, 4) is 5.75 Å². The summed E-state index contributed by atoms with van der Waals surface area (Å²) in [6.45, 7) is 7.56. The molecule has 2 aromatic carbocycles. The lowest BCUT2D eigenvalue weighted by molar-refractivity contribution is -0.685. The summed E-state index contributed by atoms with van der Waals surface area (Å²) in [5.41, 5.74) is 0.690. The SMILES string of the molecule is CCCCCCOc1cc(N(CC)CC)ccc1/C(=C(\c1ccccc1)c1cc[n+](CC(=O)O)cc1)C(F)(F)F. The number of alkyl halides is 3. The van der Waals surface area contributed by atoms with Crippen molar-refractivity contribution in [3.05, 3.63) is 89.7 Å². The molecule has 0 spiro atoms. The van der Waals surface area contributed by atoms with E-state index in [2.05, 4.69) is 11.8 Å². The van der Waals surface area contributed by atoms with E-state index in [0.717, 1.165) is 31.4 Å². The Morgan fingerprint density at radius 2 is 1.55 bits per heavy atom. The summed E-state index contributed by atoms with van der Waals surface area (Å²) < 4.78 is 52.9. The van der Waals surface area contributed by atoms with Gasteiger partial charge in [-0.25, -0.2) is 4.79 Å². The third-order valence-electron chi connectivity index (χ3n) is 6.71.